The van der Waals surface area contributed by atoms with Crippen LogP contribution in [0.3, 0.4) is 0 Å². The molecule has 166 valence electrons. The second-order valence-electron chi connectivity index (χ2n) is 8.04. The van der Waals surface area contributed by atoms with E-state index in [1.165, 1.54) is 23.1 Å². The molecule has 0 bridgehead atoms. The number of ether oxygens (including phenoxy) is 1. The van der Waals surface area contributed by atoms with E-state index in [0.29, 0.717) is 12.3 Å². The first-order chi connectivity index (χ1) is 14.8. The Morgan fingerprint density at radius 2 is 1.71 bits per heavy atom. The summed E-state index contributed by atoms with van der Waals surface area (Å²) in [7, 11) is 1.43. The summed E-state index contributed by atoms with van der Waals surface area (Å²) in [6.45, 7) is 3.19. The number of nitrogens with zero attached hydrogens (tertiary/aromatic N) is 2. The Hall–Kier alpha value is -2.19. The quantitative estimate of drug-likeness (QED) is 0.482. The number of methoxy groups -OCH3 is 1. The molecule has 0 aromatic heterocycles. The highest BCUT2D eigenvalue weighted by Crippen LogP contribution is 2.34. The van der Waals surface area contributed by atoms with Gasteiger partial charge in [0.1, 0.15) is 0 Å². The summed E-state index contributed by atoms with van der Waals surface area (Å²) in [6, 6.07) is 11.9. The fourth-order valence-electron chi connectivity index (χ4n) is 4.25. The minimum atomic E-state index is -4.30. The Morgan fingerprint density at radius 1 is 1.03 bits per heavy atom. The van der Waals surface area contributed by atoms with E-state index in [4.69, 9.17) is 4.74 Å². The summed E-state index contributed by atoms with van der Waals surface area (Å²) in [5.41, 5.74) is 2.83. The molecule has 1 aliphatic carbocycles. The summed E-state index contributed by atoms with van der Waals surface area (Å²) >= 11 is 1.72. The molecule has 0 amide bonds. The van der Waals surface area contributed by atoms with Crippen LogP contribution < -0.4 is 4.90 Å². The maximum atomic E-state index is 12.8. The van der Waals surface area contributed by atoms with Crippen LogP contribution in [-0.4, -0.2) is 43.6 Å². The van der Waals surface area contributed by atoms with E-state index >= 15 is 0 Å². The molecular weight excluding hydrogens is 425 g/mol. The molecule has 1 fully saturated rings. The molecular formula is C23H25F3N2O2S. The number of hydrogen-bond donors (Lipinski definition) is 0. The molecule has 2 aromatic carbocycles. The van der Waals surface area contributed by atoms with Crippen molar-refractivity contribution in [3.05, 3.63) is 59.2 Å². The van der Waals surface area contributed by atoms with Gasteiger partial charge in [-0.25, -0.2) is 4.31 Å². The molecule has 1 atom stereocenters. The van der Waals surface area contributed by atoms with Crippen molar-refractivity contribution in [2.45, 2.75) is 30.3 Å². The minimum absolute atomic E-state index is 0.154. The van der Waals surface area contributed by atoms with Gasteiger partial charge in [0.05, 0.1) is 12.7 Å². The first kappa shape index (κ1) is 22.0. The molecule has 1 aliphatic heterocycles. The Morgan fingerprint density at radius 3 is 2.35 bits per heavy atom. The van der Waals surface area contributed by atoms with E-state index in [9.17, 15) is 18.0 Å². The van der Waals surface area contributed by atoms with Crippen LogP contribution in [-0.2, 0) is 28.5 Å². The molecule has 1 saturated heterocycles. The van der Waals surface area contributed by atoms with Crippen molar-refractivity contribution in [2.75, 3.05) is 38.2 Å². The highest BCUT2D eigenvalue weighted by molar-refractivity contribution is 7.97. The van der Waals surface area contributed by atoms with Crippen LogP contribution in [0.1, 0.15) is 23.1 Å². The summed E-state index contributed by atoms with van der Waals surface area (Å²) in [6.07, 6.45) is -2.02. The Kier molecular flexibility index (Phi) is 6.48. The van der Waals surface area contributed by atoms with E-state index in [1.54, 1.807) is 24.1 Å². The average Bonchev–Trinajstić information content (AvgIpc) is 3.15. The third-order valence-electron chi connectivity index (χ3n) is 5.91. The van der Waals surface area contributed by atoms with Crippen LogP contribution in [0.2, 0.25) is 0 Å². The van der Waals surface area contributed by atoms with Crippen molar-refractivity contribution in [3.8, 4) is 0 Å². The second kappa shape index (κ2) is 9.12. The monoisotopic (exact) mass is 450 g/mol. The van der Waals surface area contributed by atoms with E-state index < -0.39 is 11.7 Å². The van der Waals surface area contributed by atoms with E-state index in [0.717, 1.165) is 56.8 Å². The molecule has 1 unspecified atom stereocenters. The number of hydrogen-bond acceptors (Lipinski definition) is 5. The number of halogens is 3. The topological polar surface area (TPSA) is 32.8 Å². The normalized spacial score (nSPS) is 19.4. The Balaban J connectivity index is 1.30. The van der Waals surface area contributed by atoms with Crippen LogP contribution in [0.5, 0.6) is 0 Å². The lowest BCUT2D eigenvalue weighted by Crippen LogP contribution is -2.43. The van der Waals surface area contributed by atoms with Gasteiger partial charge in [-0.1, -0.05) is 6.07 Å². The zero-order valence-electron chi connectivity index (χ0n) is 17.3. The Bertz CT molecular complexity index is 925. The van der Waals surface area contributed by atoms with Gasteiger partial charge in [-0.05, 0) is 78.2 Å². The molecule has 8 heteroatoms. The molecule has 2 aliphatic rings. The van der Waals surface area contributed by atoms with E-state index in [1.807, 2.05) is 0 Å². The van der Waals surface area contributed by atoms with Gasteiger partial charge in [0.15, 0.2) is 0 Å². The van der Waals surface area contributed by atoms with Gasteiger partial charge >= 0.3 is 12.1 Å². The molecule has 4 rings (SSSR count). The van der Waals surface area contributed by atoms with Crippen LogP contribution >= 0.6 is 11.9 Å². The number of carbonyl (C=O) groups is 1. The molecule has 0 N–H and O–H groups in total. The molecule has 2 aromatic rings. The van der Waals surface area contributed by atoms with E-state index in [-0.39, 0.29) is 5.97 Å². The van der Waals surface area contributed by atoms with Gasteiger partial charge in [0.2, 0.25) is 0 Å². The van der Waals surface area contributed by atoms with Crippen molar-refractivity contribution in [3.63, 3.8) is 0 Å². The maximum Gasteiger partial charge on any atom is 0.416 e. The fourth-order valence-corrected chi connectivity index (χ4v) is 5.22. The highest BCUT2D eigenvalue weighted by atomic mass is 32.2. The first-order valence-electron chi connectivity index (χ1n) is 10.4. The number of piperazine rings is 1. The van der Waals surface area contributed by atoms with Crippen LogP contribution in [0, 0.1) is 5.92 Å². The third-order valence-corrected chi connectivity index (χ3v) is 7.00. The summed E-state index contributed by atoms with van der Waals surface area (Å²) < 4.78 is 45.3. The fraction of sp³-hybridized carbons (Fsp3) is 0.435. The van der Waals surface area contributed by atoms with Crippen molar-refractivity contribution >= 4 is 23.6 Å². The lowest BCUT2D eigenvalue weighted by Gasteiger charge is -2.35. The van der Waals surface area contributed by atoms with Gasteiger partial charge in [-0.3, -0.25) is 4.79 Å². The van der Waals surface area contributed by atoms with Crippen LogP contribution in [0.25, 0.3) is 0 Å². The standard InChI is InChI=1S/C23H25F3N2O2S/c1-30-22(29)14-16-12-17-2-7-21(15-18(17)13-16)31-28-10-8-27(9-11-28)20-5-3-19(4-6-20)23(24,25)26/h2-7,15-16H,8-14H2,1H3. The number of esters is 1. The molecule has 0 spiro atoms. The number of rotatable bonds is 5. The van der Waals surface area contributed by atoms with Crippen molar-refractivity contribution < 1.29 is 22.7 Å². The van der Waals surface area contributed by atoms with Gasteiger partial charge in [0, 0.05) is 43.2 Å². The van der Waals surface area contributed by atoms with Gasteiger partial charge in [0.25, 0.3) is 0 Å². The third kappa shape index (κ3) is 5.36. The lowest BCUT2D eigenvalue weighted by atomic mass is 10.0. The van der Waals surface area contributed by atoms with Crippen LogP contribution in [0.4, 0.5) is 18.9 Å². The SMILES string of the molecule is COC(=O)CC1Cc2ccc(SN3CCN(c4ccc(C(F)(F)F)cc4)CC3)cc2C1. The molecule has 1 heterocycles. The minimum Gasteiger partial charge on any atom is -0.469 e. The van der Waals surface area contributed by atoms with Crippen molar-refractivity contribution in [1.29, 1.82) is 0 Å². The lowest BCUT2D eigenvalue weighted by molar-refractivity contribution is -0.141. The number of fused-ring (bicyclic) bond motifs is 1. The molecule has 31 heavy (non-hydrogen) atoms. The van der Waals surface area contributed by atoms with Gasteiger partial charge in [-0.15, -0.1) is 0 Å². The summed E-state index contributed by atoms with van der Waals surface area (Å²) in [5, 5.41) is 0. The van der Waals surface area contributed by atoms with Crippen molar-refractivity contribution in [2.24, 2.45) is 5.92 Å². The number of anilines is 1. The smallest absolute Gasteiger partial charge is 0.416 e. The van der Waals surface area contributed by atoms with E-state index in [2.05, 4.69) is 27.4 Å². The predicted octanol–water partition coefficient (Wildman–Crippen LogP) is 4.81. The van der Waals surface area contributed by atoms with Gasteiger partial charge in [-0.2, -0.15) is 13.2 Å². The maximum absolute atomic E-state index is 12.8. The molecule has 0 radical (unpaired) electrons. The van der Waals surface area contributed by atoms with Gasteiger partial charge < -0.3 is 9.64 Å². The number of benzene rings is 2. The largest absolute Gasteiger partial charge is 0.469 e. The number of alkyl halides is 3. The zero-order valence-corrected chi connectivity index (χ0v) is 18.1. The second-order valence-corrected chi connectivity index (χ2v) is 9.21. The highest BCUT2D eigenvalue weighted by Gasteiger charge is 2.30. The summed E-state index contributed by atoms with van der Waals surface area (Å²) in [5.74, 6) is 0.160. The summed E-state index contributed by atoms with van der Waals surface area (Å²) in [4.78, 5) is 14.9. The Labute approximate surface area is 184 Å². The van der Waals surface area contributed by atoms with Crippen LogP contribution in [0.15, 0.2) is 47.4 Å². The number of carbonyl (C=O) groups excluding carboxylic acids is 1. The first-order valence-corrected chi connectivity index (χ1v) is 11.1. The van der Waals surface area contributed by atoms with Crippen molar-refractivity contribution in [1.82, 2.24) is 4.31 Å². The predicted molar refractivity (Wildman–Crippen MR) is 115 cm³/mol. The zero-order chi connectivity index (χ0) is 22.0. The molecule has 4 nitrogen and oxygen atoms in total. The average molecular weight is 451 g/mol. The molecule has 0 saturated carbocycles.